The lowest BCUT2D eigenvalue weighted by Gasteiger charge is -2.12. The standard InChI is InChI=1S/C23H20N2O4/c1-27-18-13-19(28-2)21-20(14-18)29-11-8-17(22(21)26)12-15-4-6-16(7-5-15)23-24-9-3-10-25-23/h3-7,9-10,12-14H,8,11H2,1-2H3/b17-12+. The van der Waals surface area contributed by atoms with Crippen LogP contribution >= 0.6 is 0 Å². The second kappa shape index (κ2) is 8.14. The summed E-state index contributed by atoms with van der Waals surface area (Å²) >= 11 is 0. The Labute approximate surface area is 168 Å². The van der Waals surface area contributed by atoms with Gasteiger partial charge >= 0.3 is 0 Å². The summed E-state index contributed by atoms with van der Waals surface area (Å²) in [6.07, 6.45) is 5.81. The number of fused-ring (bicyclic) bond motifs is 1. The highest BCUT2D eigenvalue weighted by molar-refractivity contribution is 6.15. The summed E-state index contributed by atoms with van der Waals surface area (Å²) in [5.41, 5.74) is 2.92. The van der Waals surface area contributed by atoms with Crippen LogP contribution in [-0.2, 0) is 0 Å². The van der Waals surface area contributed by atoms with Crippen molar-refractivity contribution in [3.05, 3.63) is 71.6 Å². The fourth-order valence-electron chi connectivity index (χ4n) is 3.24. The van der Waals surface area contributed by atoms with Crippen LogP contribution in [0.5, 0.6) is 17.2 Å². The Morgan fingerprint density at radius 1 is 1.03 bits per heavy atom. The molecule has 0 saturated heterocycles. The van der Waals surface area contributed by atoms with Crippen LogP contribution < -0.4 is 14.2 Å². The molecule has 0 atom stereocenters. The number of aromatic nitrogens is 2. The van der Waals surface area contributed by atoms with E-state index in [-0.39, 0.29) is 5.78 Å². The largest absolute Gasteiger partial charge is 0.496 e. The van der Waals surface area contributed by atoms with E-state index in [0.717, 1.165) is 11.1 Å². The maximum absolute atomic E-state index is 13.2. The monoisotopic (exact) mass is 388 g/mol. The lowest BCUT2D eigenvalue weighted by atomic mass is 9.97. The van der Waals surface area contributed by atoms with Gasteiger partial charge in [0.05, 0.1) is 20.8 Å². The molecule has 0 bridgehead atoms. The van der Waals surface area contributed by atoms with Gasteiger partial charge in [-0.15, -0.1) is 0 Å². The van der Waals surface area contributed by atoms with Crippen LogP contribution in [0.3, 0.4) is 0 Å². The molecule has 2 heterocycles. The molecule has 0 aliphatic carbocycles. The smallest absolute Gasteiger partial charge is 0.196 e. The summed E-state index contributed by atoms with van der Waals surface area (Å²) < 4.78 is 16.5. The number of ether oxygens (including phenoxy) is 3. The molecule has 0 saturated carbocycles. The number of benzene rings is 2. The molecule has 1 aliphatic rings. The Bertz CT molecular complexity index is 1060. The van der Waals surface area contributed by atoms with Crippen molar-refractivity contribution in [2.24, 2.45) is 0 Å². The lowest BCUT2D eigenvalue weighted by molar-refractivity contribution is 0.103. The van der Waals surface area contributed by atoms with E-state index in [2.05, 4.69) is 9.97 Å². The first-order valence-corrected chi connectivity index (χ1v) is 9.21. The Morgan fingerprint density at radius 2 is 1.79 bits per heavy atom. The summed E-state index contributed by atoms with van der Waals surface area (Å²) in [6, 6.07) is 13.0. The van der Waals surface area contributed by atoms with Crippen molar-refractivity contribution in [3.63, 3.8) is 0 Å². The van der Waals surface area contributed by atoms with Crippen LogP contribution in [0.25, 0.3) is 17.5 Å². The van der Waals surface area contributed by atoms with E-state index in [1.807, 2.05) is 30.3 Å². The average Bonchev–Trinajstić information content (AvgIpc) is 2.93. The predicted molar refractivity (Wildman–Crippen MR) is 109 cm³/mol. The SMILES string of the molecule is COc1cc(OC)c2c(c1)OCC/C(=C\c1ccc(-c3ncccn3)cc1)C2=O. The fourth-order valence-corrected chi connectivity index (χ4v) is 3.24. The normalized spacial score (nSPS) is 14.7. The van der Waals surface area contributed by atoms with E-state index in [9.17, 15) is 4.79 Å². The van der Waals surface area contributed by atoms with Crippen molar-refractivity contribution in [3.8, 4) is 28.6 Å². The molecule has 1 aliphatic heterocycles. The molecule has 0 radical (unpaired) electrons. The van der Waals surface area contributed by atoms with E-state index in [1.165, 1.54) is 7.11 Å². The molecular weight excluding hydrogens is 368 g/mol. The number of carbonyl (C=O) groups is 1. The zero-order chi connectivity index (χ0) is 20.2. The summed E-state index contributed by atoms with van der Waals surface area (Å²) in [6.45, 7) is 0.400. The molecule has 6 heteroatoms. The molecule has 1 aromatic heterocycles. The first-order valence-electron chi connectivity index (χ1n) is 9.21. The molecular formula is C23H20N2O4. The Morgan fingerprint density at radius 3 is 2.48 bits per heavy atom. The number of ketones is 1. The van der Waals surface area contributed by atoms with Gasteiger partial charge in [0, 0.05) is 42.1 Å². The van der Waals surface area contributed by atoms with Gasteiger partial charge in [-0.3, -0.25) is 4.79 Å². The summed E-state index contributed by atoms with van der Waals surface area (Å²) in [5, 5.41) is 0. The van der Waals surface area contributed by atoms with Crippen LogP contribution in [0.2, 0.25) is 0 Å². The van der Waals surface area contributed by atoms with Crippen LogP contribution in [0.15, 0.2) is 60.4 Å². The van der Waals surface area contributed by atoms with Crippen LogP contribution in [-0.4, -0.2) is 36.6 Å². The highest BCUT2D eigenvalue weighted by atomic mass is 16.5. The maximum atomic E-state index is 13.2. The van der Waals surface area contributed by atoms with Crippen LogP contribution in [0.1, 0.15) is 22.3 Å². The average molecular weight is 388 g/mol. The Hall–Kier alpha value is -3.67. The van der Waals surface area contributed by atoms with E-state index in [1.54, 1.807) is 37.7 Å². The minimum Gasteiger partial charge on any atom is -0.496 e. The highest BCUT2D eigenvalue weighted by Crippen LogP contribution is 2.38. The molecule has 0 unspecified atom stereocenters. The molecule has 0 spiro atoms. The number of carbonyl (C=O) groups excluding carboxylic acids is 1. The van der Waals surface area contributed by atoms with Gasteiger partial charge < -0.3 is 14.2 Å². The van der Waals surface area contributed by atoms with Gasteiger partial charge in [0.15, 0.2) is 11.6 Å². The molecule has 6 nitrogen and oxygen atoms in total. The van der Waals surface area contributed by atoms with Gasteiger partial charge in [-0.25, -0.2) is 9.97 Å². The topological polar surface area (TPSA) is 70.5 Å². The summed E-state index contributed by atoms with van der Waals surface area (Å²) in [7, 11) is 3.09. The predicted octanol–water partition coefficient (Wildman–Crippen LogP) is 4.21. The van der Waals surface area contributed by atoms with Crippen molar-refractivity contribution < 1.29 is 19.0 Å². The third kappa shape index (κ3) is 3.82. The lowest BCUT2D eigenvalue weighted by Crippen LogP contribution is -2.05. The number of hydrogen-bond donors (Lipinski definition) is 0. The number of nitrogens with zero attached hydrogens (tertiary/aromatic N) is 2. The van der Waals surface area contributed by atoms with Crippen molar-refractivity contribution in [1.29, 1.82) is 0 Å². The van der Waals surface area contributed by atoms with E-state index >= 15 is 0 Å². The molecule has 0 N–H and O–H groups in total. The molecule has 29 heavy (non-hydrogen) atoms. The van der Waals surface area contributed by atoms with Gasteiger partial charge in [-0.05, 0) is 17.7 Å². The third-order valence-corrected chi connectivity index (χ3v) is 4.72. The highest BCUT2D eigenvalue weighted by Gasteiger charge is 2.26. The minimum atomic E-state index is -0.104. The van der Waals surface area contributed by atoms with Gasteiger partial charge in [0.25, 0.3) is 0 Å². The Kier molecular flexibility index (Phi) is 5.24. The van der Waals surface area contributed by atoms with Crippen LogP contribution in [0.4, 0.5) is 0 Å². The first-order chi connectivity index (χ1) is 14.2. The summed E-state index contributed by atoms with van der Waals surface area (Å²) in [5.74, 6) is 2.06. The molecule has 0 amide bonds. The van der Waals surface area contributed by atoms with Crippen molar-refractivity contribution in [2.45, 2.75) is 6.42 Å². The van der Waals surface area contributed by atoms with Gasteiger partial charge in [0.2, 0.25) is 0 Å². The second-order valence-electron chi connectivity index (χ2n) is 6.49. The molecule has 0 fully saturated rings. The number of rotatable bonds is 4. The zero-order valence-corrected chi connectivity index (χ0v) is 16.2. The maximum Gasteiger partial charge on any atom is 0.196 e. The third-order valence-electron chi connectivity index (χ3n) is 4.72. The first kappa shape index (κ1) is 18.7. The fraction of sp³-hybridized carbons (Fsp3) is 0.174. The van der Waals surface area contributed by atoms with Gasteiger partial charge in [0.1, 0.15) is 22.8 Å². The van der Waals surface area contributed by atoms with Crippen LogP contribution in [0, 0.1) is 0 Å². The van der Waals surface area contributed by atoms with Crippen molar-refractivity contribution in [1.82, 2.24) is 9.97 Å². The molecule has 2 aromatic carbocycles. The number of Topliss-reactive ketones (excluding diaryl/α,β-unsaturated/α-hetero) is 1. The molecule has 3 aromatic rings. The quantitative estimate of drug-likeness (QED) is 0.624. The van der Waals surface area contributed by atoms with Gasteiger partial charge in [-0.1, -0.05) is 24.3 Å². The Balaban J connectivity index is 1.67. The minimum absolute atomic E-state index is 0.104. The van der Waals surface area contributed by atoms with E-state index < -0.39 is 0 Å². The van der Waals surface area contributed by atoms with Crippen molar-refractivity contribution in [2.75, 3.05) is 20.8 Å². The van der Waals surface area contributed by atoms with E-state index in [0.29, 0.717) is 47.2 Å². The molecule has 4 rings (SSSR count). The summed E-state index contributed by atoms with van der Waals surface area (Å²) in [4.78, 5) is 21.7. The number of hydrogen-bond acceptors (Lipinski definition) is 6. The second-order valence-corrected chi connectivity index (χ2v) is 6.49. The molecule has 146 valence electrons. The van der Waals surface area contributed by atoms with Gasteiger partial charge in [-0.2, -0.15) is 0 Å². The zero-order valence-electron chi connectivity index (χ0n) is 16.2. The van der Waals surface area contributed by atoms with Crippen molar-refractivity contribution >= 4 is 11.9 Å². The number of methoxy groups -OCH3 is 2. The van der Waals surface area contributed by atoms with E-state index in [4.69, 9.17) is 14.2 Å².